The number of hydrogen-bond donors (Lipinski definition) is 1. The monoisotopic (exact) mass is 224 g/mol. The first-order valence-corrected chi connectivity index (χ1v) is 6.06. The minimum Gasteiger partial charge on any atom is -0.396 e. The molecule has 16 heavy (non-hydrogen) atoms. The summed E-state index contributed by atoms with van der Waals surface area (Å²) < 4.78 is 13.0. The molecule has 2 heteroatoms. The van der Waals surface area contributed by atoms with Crippen molar-refractivity contribution in [3.63, 3.8) is 0 Å². The third kappa shape index (κ3) is 3.60. The quantitative estimate of drug-likeness (QED) is 0.785. The first-order chi connectivity index (χ1) is 7.71. The maximum Gasteiger partial charge on any atom is 0.123 e. The van der Waals surface area contributed by atoms with E-state index < -0.39 is 0 Å². The summed E-state index contributed by atoms with van der Waals surface area (Å²) in [5.41, 5.74) is 0.978. The third-order valence-corrected chi connectivity index (χ3v) is 3.34. The van der Waals surface area contributed by atoms with E-state index >= 15 is 0 Å². The Morgan fingerprint density at radius 3 is 2.38 bits per heavy atom. The number of benzene rings is 1. The zero-order valence-electron chi connectivity index (χ0n) is 10.1. The molecule has 1 unspecified atom stereocenters. The summed E-state index contributed by atoms with van der Waals surface area (Å²) in [5.74, 6) is 0.573. The normalized spacial score (nSPS) is 13.1. The average molecular weight is 224 g/mol. The molecule has 0 heterocycles. The van der Waals surface area contributed by atoms with E-state index in [1.54, 1.807) is 12.1 Å². The zero-order chi connectivity index (χ0) is 12.0. The van der Waals surface area contributed by atoms with E-state index in [4.69, 9.17) is 0 Å². The molecule has 1 nitrogen and oxygen atoms in total. The van der Waals surface area contributed by atoms with Gasteiger partial charge in [-0.2, -0.15) is 0 Å². The molecule has 0 fully saturated rings. The van der Waals surface area contributed by atoms with Crippen LogP contribution < -0.4 is 0 Å². The fourth-order valence-corrected chi connectivity index (χ4v) is 2.30. The van der Waals surface area contributed by atoms with Crippen molar-refractivity contribution >= 4 is 0 Å². The summed E-state index contributed by atoms with van der Waals surface area (Å²) in [7, 11) is 0. The van der Waals surface area contributed by atoms with Crippen LogP contribution in [0.3, 0.4) is 0 Å². The lowest BCUT2D eigenvalue weighted by atomic mass is 9.84. The SMILES string of the molecule is CCC(CC)C(CO)Cc1cccc(F)c1. The Bertz CT molecular complexity index is 307. The molecule has 0 amide bonds. The van der Waals surface area contributed by atoms with Gasteiger partial charge in [-0.3, -0.25) is 0 Å². The topological polar surface area (TPSA) is 20.2 Å². The van der Waals surface area contributed by atoms with Crippen molar-refractivity contribution in [3.8, 4) is 0 Å². The molecule has 0 bridgehead atoms. The van der Waals surface area contributed by atoms with Crippen LogP contribution in [0, 0.1) is 17.7 Å². The van der Waals surface area contributed by atoms with Gasteiger partial charge in [0.15, 0.2) is 0 Å². The van der Waals surface area contributed by atoms with Crippen LogP contribution in [0.25, 0.3) is 0 Å². The lowest BCUT2D eigenvalue weighted by Crippen LogP contribution is -2.20. The predicted octanol–water partition coefficient (Wildman–Crippen LogP) is 3.41. The summed E-state index contributed by atoms with van der Waals surface area (Å²) >= 11 is 0. The Hall–Kier alpha value is -0.890. The van der Waals surface area contributed by atoms with Crippen LogP contribution in [0.2, 0.25) is 0 Å². The maximum atomic E-state index is 13.0. The highest BCUT2D eigenvalue weighted by Crippen LogP contribution is 2.23. The molecule has 0 saturated heterocycles. The molecule has 0 saturated carbocycles. The second-order valence-corrected chi connectivity index (χ2v) is 4.35. The Balaban J connectivity index is 2.69. The van der Waals surface area contributed by atoms with Crippen LogP contribution in [-0.2, 0) is 6.42 Å². The molecule has 0 aliphatic heterocycles. The van der Waals surface area contributed by atoms with E-state index in [0.717, 1.165) is 24.8 Å². The van der Waals surface area contributed by atoms with Crippen molar-refractivity contribution < 1.29 is 9.50 Å². The first-order valence-electron chi connectivity index (χ1n) is 6.06. The highest BCUT2D eigenvalue weighted by atomic mass is 19.1. The van der Waals surface area contributed by atoms with Gasteiger partial charge in [-0.15, -0.1) is 0 Å². The minimum absolute atomic E-state index is 0.183. The lowest BCUT2D eigenvalue weighted by molar-refractivity contribution is 0.167. The summed E-state index contributed by atoms with van der Waals surface area (Å²) in [6, 6.07) is 6.67. The van der Waals surface area contributed by atoms with Crippen molar-refractivity contribution in [2.75, 3.05) is 6.61 Å². The lowest BCUT2D eigenvalue weighted by Gasteiger charge is -2.23. The number of hydrogen-bond acceptors (Lipinski definition) is 1. The van der Waals surface area contributed by atoms with Crippen molar-refractivity contribution in [2.45, 2.75) is 33.1 Å². The van der Waals surface area contributed by atoms with Crippen molar-refractivity contribution in [3.05, 3.63) is 35.6 Å². The Kier molecular flexibility index (Phi) is 5.47. The van der Waals surface area contributed by atoms with Crippen molar-refractivity contribution in [1.29, 1.82) is 0 Å². The predicted molar refractivity (Wildman–Crippen MR) is 64.8 cm³/mol. The van der Waals surface area contributed by atoms with E-state index in [9.17, 15) is 9.50 Å². The molecule has 0 aromatic heterocycles. The molecule has 0 spiro atoms. The van der Waals surface area contributed by atoms with Gasteiger partial charge >= 0.3 is 0 Å². The molecule has 1 aromatic carbocycles. The van der Waals surface area contributed by atoms with E-state index in [1.807, 2.05) is 6.07 Å². The fraction of sp³-hybridized carbons (Fsp3) is 0.571. The largest absolute Gasteiger partial charge is 0.396 e. The van der Waals surface area contributed by atoms with E-state index in [-0.39, 0.29) is 18.3 Å². The standard InChI is InChI=1S/C14H21FO/c1-3-12(4-2)13(10-16)8-11-6-5-7-14(15)9-11/h5-7,9,12-13,16H,3-4,8,10H2,1-2H3. The molecule has 90 valence electrons. The maximum absolute atomic E-state index is 13.0. The van der Waals surface area contributed by atoms with Gasteiger partial charge in [0.25, 0.3) is 0 Å². The van der Waals surface area contributed by atoms with Gasteiger partial charge in [-0.05, 0) is 36.0 Å². The average Bonchev–Trinajstić information content (AvgIpc) is 2.29. The van der Waals surface area contributed by atoms with Gasteiger partial charge in [0.2, 0.25) is 0 Å². The fourth-order valence-electron chi connectivity index (χ4n) is 2.30. The number of rotatable bonds is 6. The zero-order valence-corrected chi connectivity index (χ0v) is 10.1. The van der Waals surface area contributed by atoms with Crippen LogP contribution in [0.15, 0.2) is 24.3 Å². The van der Waals surface area contributed by atoms with Crippen LogP contribution in [-0.4, -0.2) is 11.7 Å². The Labute approximate surface area is 97.3 Å². The van der Waals surface area contributed by atoms with Gasteiger partial charge in [-0.25, -0.2) is 4.39 Å². The number of aliphatic hydroxyl groups is 1. The summed E-state index contributed by atoms with van der Waals surface area (Å²) in [6.45, 7) is 4.47. The molecule has 1 rings (SSSR count). The van der Waals surface area contributed by atoms with Gasteiger partial charge < -0.3 is 5.11 Å². The summed E-state index contributed by atoms with van der Waals surface area (Å²) in [5, 5.41) is 9.40. The molecule has 0 radical (unpaired) electrons. The molecular weight excluding hydrogens is 203 g/mol. The van der Waals surface area contributed by atoms with E-state index in [0.29, 0.717) is 5.92 Å². The minimum atomic E-state index is -0.196. The molecule has 1 N–H and O–H groups in total. The van der Waals surface area contributed by atoms with Crippen molar-refractivity contribution in [1.82, 2.24) is 0 Å². The Morgan fingerprint density at radius 2 is 1.88 bits per heavy atom. The molecule has 0 aliphatic carbocycles. The van der Waals surface area contributed by atoms with Gasteiger partial charge in [0.1, 0.15) is 5.82 Å². The Morgan fingerprint density at radius 1 is 1.19 bits per heavy atom. The van der Waals surface area contributed by atoms with Gasteiger partial charge in [0, 0.05) is 6.61 Å². The third-order valence-electron chi connectivity index (χ3n) is 3.34. The van der Waals surface area contributed by atoms with Crippen molar-refractivity contribution in [2.24, 2.45) is 11.8 Å². The molecule has 1 atom stereocenters. The van der Waals surface area contributed by atoms with Gasteiger partial charge in [0.05, 0.1) is 0 Å². The molecule has 0 aliphatic rings. The second kappa shape index (κ2) is 6.64. The second-order valence-electron chi connectivity index (χ2n) is 4.35. The van der Waals surface area contributed by atoms with Crippen LogP contribution in [0.1, 0.15) is 32.3 Å². The smallest absolute Gasteiger partial charge is 0.123 e. The van der Waals surface area contributed by atoms with Gasteiger partial charge in [-0.1, -0.05) is 38.8 Å². The van der Waals surface area contributed by atoms with Crippen LogP contribution in [0.4, 0.5) is 4.39 Å². The van der Waals surface area contributed by atoms with Crippen LogP contribution in [0.5, 0.6) is 0 Å². The molecular formula is C14H21FO. The van der Waals surface area contributed by atoms with E-state index in [2.05, 4.69) is 13.8 Å². The van der Waals surface area contributed by atoms with Crippen LogP contribution >= 0.6 is 0 Å². The highest BCUT2D eigenvalue weighted by molar-refractivity contribution is 5.17. The first kappa shape index (κ1) is 13.2. The molecule has 1 aromatic rings. The summed E-state index contributed by atoms with van der Waals surface area (Å²) in [6.07, 6.45) is 2.90. The number of aliphatic hydroxyl groups excluding tert-OH is 1. The highest BCUT2D eigenvalue weighted by Gasteiger charge is 2.18. The van der Waals surface area contributed by atoms with E-state index in [1.165, 1.54) is 6.07 Å². The summed E-state index contributed by atoms with van der Waals surface area (Å²) in [4.78, 5) is 0. The number of halogens is 1.